The molecule has 0 radical (unpaired) electrons. The lowest BCUT2D eigenvalue weighted by Crippen LogP contribution is -2.28. The van der Waals surface area contributed by atoms with Gasteiger partial charge in [-0.05, 0) is 43.4 Å². The lowest BCUT2D eigenvalue weighted by atomic mass is 10.2. The van der Waals surface area contributed by atoms with Gasteiger partial charge >= 0.3 is 0 Å². The summed E-state index contributed by atoms with van der Waals surface area (Å²) in [6.07, 6.45) is 7.94. The molecule has 2 rings (SSSR count). The molecule has 1 fully saturated rings. The highest BCUT2D eigenvalue weighted by Crippen LogP contribution is 2.32. The van der Waals surface area contributed by atoms with Crippen LogP contribution in [-0.4, -0.2) is 24.6 Å². The van der Waals surface area contributed by atoms with Crippen LogP contribution in [0.4, 0.5) is 5.69 Å². The highest BCUT2D eigenvalue weighted by atomic mass is 15.1. The minimum Gasteiger partial charge on any atom is -0.370 e. The van der Waals surface area contributed by atoms with Crippen LogP contribution in [0, 0.1) is 5.92 Å². The lowest BCUT2D eigenvalue weighted by molar-refractivity contribution is 0.687. The van der Waals surface area contributed by atoms with E-state index in [1.807, 2.05) is 12.4 Å². The maximum absolute atomic E-state index is 4.31. The van der Waals surface area contributed by atoms with E-state index < -0.39 is 0 Å². The number of hydrogen-bond acceptors (Lipinski definition) is 3. The zero-order valence-electron chi connectivity index (χ0n) is 11.7. The van der Waals surface area contributed by atoms with Crippen LogP contribution in [0.1, 0.15) is 38.7 Å². The van der Waals surface area contributed by atoms with Crippen molar-refractivity contribution in [1.29, 1.82) is 0 Å². The van der Waals surface area contributed by atoms with Gasteiger partial charge in [0.05, 0.1) is 11.9 Å². The molecule has 0 saturated heterocycles. The van der Waals surface area contributed by atoms with E-state index in [1.165, 1.54) is 37.1 Å². The summed E-state index contributed by atoms with van der Waals surface area (Å²) in [4.78, 5) is 6.84. The van der Waals surface area contributed by atoms with Crippen molar-refractivity contribution in [3.63, 3.8) is 0 Å². The van der Waals surface area contributed by atoms with Gasteiger partial charge in [0.1, 0.15) is 0 Å². The molecule has 1 aliphatic carbocycles. The molecule has 3 nitrogen and oxygen atoms in total. The molecule has 0 atom stereocenters. The van der Waals surface area contributed by atoms with Gasteiger partial charge in [0, 0.05) is 25.8 Å². The Bertz CT molecular complexity index is 361. The van der Waals surface area contributed by atoms with Crippen molar-refractivity contribution in [1.82, 2.24) is 10.3 Å². The first-order chi connectivity index (χ1) is 8.85. The van der Waals surface area contributed by atoms with Crippen molar-refractivity contribution in [2.24, 2.45) is 5.92 Å². The van der Waals surface area contributed by atoms with Gasteiger partial charge in [-0.25, -0.2) is 0 Å². The fraction of sp³-hybridized carbons (Fsp3) is 0.667. The van der Waals surface area contributed by atoms with Crippen molar-refractivity contribution in [3.8, 4) is 0 Å². The number of anilines is 1. The minimum atomic E-state index is 0.920. The average Bonchev–Trinajstić information content (AvgIpc) is 3.20. The van der Waals surface area contributed by atoms with Gasteiger partial charge in [0.15, 0.2) is 0 Å². The van der Waals surface area contributed by atoms with Gasteiger partial charge in [-0.15, -0.1) is 0 Å². The first-order valence-electron chi connectivity index (χ1n) is 7.23. The second-order valence-corrected chi connectivity index (χ2v) is 5.17. The van der Waals surface area contributed by atoms with E-state index in [4.69, 9.17) is 0 Å². The van der Waals surface area contributed by atoms with Crippen LogP contribution in [0.5, 0.6) is 0 Å². The van der Waals surface area contributed by atoms with Crippen LogP contribution in [0.3, 0.4) is 0 Å². The average molecular weight is 247 g/mol. The van der Waals surface area contributed by atoms with Crippen molar-refractivity contribution < 1.29 is 0 Å². The van der Waals surface area contributed by atoms with Gasteiger partial charge in [0.25, 0.3) is 0 Å². The maximum Gasteiger partial charge on any atom is 0.0598 e. The Morgan fingerprint density at radius 3 is 2.89 bits per heavy atom. The van der Waals surface area contributed by atoms with Crippen molar-refractivity contribution in [2.75, 3.05) is 24.5 Å². The molecule has 1 aromatic rings. The third-order valence-electron chi connectivity index (χ3n) is 3.46. The Balaban J connectivity index is 2.10. The fourth-order valence-electron chi connectivity index (χ4n) is 2.30. The van der Waals surface area contributed by atoms with Crippen LogP contribution in [0.25, 0.3) is 0 Å². The van der Waals surface area contributed by atoms with Gasteiger partial charge in [-0.1, -0.05) is 13.8 Å². The topological polar surface area (TPSA) is 28.2 Å². The van der Waals surface area contributed by atoms with Gasteiger partial charge in [-0.2, -0.15) is 0 Å². The standard InChI is InChI=1S/C15H25N3/c1-3-9-18(12-13-5-6-13)15-11-17-8-7-14(15)10-16-4-2/h7-8,11,13,16H,3-6,9-10,12H2,1-2H3. The van der Waals surface area contributed by atoms with Crippen molar-refractivity contribution in [2.45, 2.75) is 39.7 Å². The molecular formula is C15H25N3. The van der Waals surface area contributed by atoms with Gasteiger partial charge in [0.2, 0.25) is 0 Å². The second-order valence-electron chi connectivity index (χ2n) is 5.17. The molecule has 1 saturated carbocycles. The number of pyridine rings is 1. The van der Waals surface area contributed by atoms with Crippen molar-refractivity contribution >= 4 is 5.69 Å². The number of nitrogens with one attached hydrogen (secondary N) is 1. The Hall–Kier alpha value is -1.09. The summed E-state index contributed by atoms with van der Waals surface area (Å²) in [5, 5.41) is 3.42. The molecule has 18 heavy (non-hydrogen) atoms. The molecule has 100 valence electrons. The summed E-state index contributed by atoms with van der Waals surface area (Å²) in [7, 11) is 0. The third kappa shape index (κ3) is 3.70. The maximum atomic E-state index is 4.31. The molecule has 0 aliphatic heterocycles. The fourth-order valence-corrected chi connectivity index (χ4v) is 2.30. The summed E-state index contributed by atoms with van der Waals surface area (Å²) in [6, 6.07) is 2.15. The van der Waals surface area contributed by atoms with E-state index in [-0.39, 0.29) is 0 Å². The van der Waals surface area contributed by atoms with Gasteiger partial charge < -0.3 is 10.2 Å². The van der Waals surface area contributed by atoms with E-state index in [9.17, 15) is 0 Å². The zero-order chi connectivity index (χ0) is 12.8. The number of rotatable bonds is 8. The Kier molecular flexibility index (Phi) is 5.00. The van der Waals surface area contributed by atoms with Crippen LogP contribution in [0.15, 0.2) is 18.5 Å². The van der Waals surface area contributed by atoms with Crippen LogP contribution < -0.4 is 10.2 Å². The molecule has 0 spiro atoms. The molecule has 1 aliphatic rings. The molecular weight excluding hydrogens is 222 g/mol. The zero-order valence-corrected chi connectivity index (χ0v) is 11.7. The van der Waals surface area contributed by atoms with Crippen LogP contribution in [-0.2, 0) is 6.54 Å². The smallest absolute Gasteiger partial charge is 0.0598 e. The largest absolute Gasteiger partial charge is 0.370 e. The molecule has 0 unspecified atom stereocenters. The summed E-state index contributed by atoms with van der Waals surface area (Å²) in [5.41, 5.74) is 2.70. The predicted molar refractivity (Wildman–Crippen MR) is 76.8 cm³/mol. The molecule has 1 N–H and O–H groups in total. The Labute approximate surface area is 111 Å². The number of nitrogens with zero attached hydrogens (tertiary/aromatic N) is 2. The van der Waals surface area contributed by atoms with E-state index in [2.05, 4.69) is 35.1 Å². The molecule has 1 heterocycles. The second kappa shape index (κ2) is 6.74. The Morgan fingerprint density at radius 2 is 2.22 bits per heavy atom. The van der Waals surface area contributed by atoms with E-state index >= 15 is 0 Å². The van der Waals surface area contributed by atoms with E-state index in [1.54, 1.807) is 0 Å². The molecule has 3 heteroatoms. The summed E-state index contributed by atoms with van der Waals surface area (Å²) >= 11 is 0. The normalized spacial score (nSPS) is 14.8. The first kappa shape index (κ1) is 13.3. The van der Waals surface area contributed by atoms with Crippen LogP contribution in [0.2, 0.25) is 0 Å². The van der Waals surface area contributed by atoms with Crippen LogP contribution >= 0.6 is 0 Å². The summed E-state index contributed by atoms with van der Waals surface area (Å²) in [6.45, 7) is 8.70. The van der Waals surface area contributed by atoms with E-state index in [0.717, 1.165) is 25.6 Å². The predicted octanol–water partition coefficient (Wildman–Crippen LogP) is 2.82. The lowest BCUT2D eigenvalue weighted by Gasteiger charge is -2.26. The molecule has 0 bridgehead atoms. The van der Waals surface area contributed by atoms with Gasteiger partial charge in [-0.3, -0.25) is 4.98 Å². The number of aromatic nitrogens is 1. The minimum absolute atomic E-state index is 0.920. The monoisotopic (exact) mass is 247 g/mol. The summed E-state index contributed by atoms with van der Waals surface area (Å²) in [5.74, 6) is 0.920. The SMILES string of the molecule is CCCN(CC1CC1)c1cnccc1CNCC. The third-order valence-corrected chi connectivity index (χ3v) is 3.46. The van der Waals surface area contributed by atoms with E-state index in [0.29, 0.717) is 0 Å². The van der Waals surface area contributed by atoms with Crippen molar-refractivity contribution in [3.05, 3.63) is 24.0 Å². The molecule has 0 amide bonds. The molecule has 0 aromatic carbocycles. The number of hydrogen-bond donors (Lipinski definition) is 1. The summed E-state index contributed by atoms with van der Waals surface area (Å²) < 4.78 is 0. The first-order valence-corrected chi connectivity index (χ1v) is 7.23. The quantitative estimate of drug-likeness (QED) is 0.765. The highest BCUT2D eigenvalue weighted by molar-refractivity contribution is 5.51. The Morgan fingerprint density at radius 1 is 1.39 bits per heavy atom. The molecule has 1 aromatic heterocycles. The highest BCUT2D eigenvalue weighted by Gasteiger charge is 2.25.